The van der Waals surface area contributed by atoms with Crippen molar-refractivity contribution in [1.82, 2.24) is 5.32 Å². The van der Waals surface area contributed by atoms with Crippen molar-refractivity contribution in [2.75, 3.05) is 6.54 Å². The van der Waals surface area contributed by atoms with E-state index in [0.29, 0.717) is 24.5 Å². The van der Waals surface area contributed by atoms with Gasteiger partial charge in [-0.15, -0.1) is 0 Å². The Kier molecular flexibility index (Phi) is 5.36. The zero-order valence-corrected chi connectivity index (χ0v) is 14.0. The second kappa shape index (κ2) is 7.85. The van der Waals surface area contributed by atoms with E-state index in [1.165, 1.54) is 0 Å². The molecule has 3 aromatic rings. The first-order chi connectivity index (χ1) is 12.1. The van der Waals surface area contributed by atoms with Crippen LogP contribution in [0.25, 0.3) is 11.0 Å². The number of aliphatic hydroxyl groups is 1. The molecular weight excluding hydrogens is 318 g/mol. The molecule has 0 aliphatic heterocycles. The molecule has 0 aliphatic carbocycles. The van der Waals surface area contributed by atoms with Crippen LogP contribution in [-0.2, 0) is 4.79 Å². The highest BCUT2D eigenvalue weighted by Crippen LogP contribution is 2.25. The van der Waals surface area contributed by atoms with Crippen molar-refractivity contribution in [3.63, 3.8) is 0 Å². The standard InChI is InChI=1S/C20H21NO4/c1-14(24-16-8-3-2-4-9-16)20(23)21-12-11-17(22)19-13-15-7-5-6-10-18(15)25-19/h2-10,13-14,17,22H,11-12H2,1H3,(H,21,23)/t14-,17-/m1/s1. The van der Waals surface area contributed by atoms with Crippen molar-refractivity contribution in [2.45, 2.75) is 25.6 Å². The number of nitrogens with one attached hydrogen (secondary N) is 1. The highest BCUT2D eigenvalue weighted by atomic mass is 16.5. The Morgan fingerprint density at radius 2 is 1.88 bits per heavy atom. The van der Waals surface area contributed by atoms with Crippen molar-refractivity contribution in [3.8, 4) is 5.75 Å². The zero-order chi connectivity index (χ0) is 17.6. The molecule has 2 atom stereocenters. The van der Waals surface area contributed by atoms with Gasteiger partial charge in [0.2, 0.25) is 0 Å². The molecule has 0 saturated carbocycles. The van der Waals surface area contributed by atoms with Crippen LogP contribution in [0, 0.1) is 0 Å². The molecule has 1 heterocycles. The minimum atomic E-state index is -0.766. The van der Waals surface area contributed by atoms with E-state index in [2.05, 4.69) is 5.32 Å². The lowest BCUT2D eigenvalue weighted by atomic mass is 10.2. The van der Waals surface area contributed by atoms with Gasteiger partial charge in [0.25, 0.3) is 5.91 Å². The number of hydrogen-bond donors (Lipinski definition) is 2. The van der Waals surface area contributed by atoms with Crippen molar-refractivity contribution in [3.05, 3.63) is 66.4 Å². The molecule has 5 heteroatoms. The van der Waals surface area contributed by atoms with Gasteiger partial charge in [0, 0.05) is 11.9 Å². The van der Waals surface area contributed by atoms with Crippen molar-refractivity contribution < 1.29 is 19.1 Å². The second-order valence-electron chi connectivity index (χ2n) is 5.86. The van der Waals surface area contributed by atoms with E-state index >= 15 is 0 Å². The van der Waals surface area contributed by atoms with Crippen LogP contribution < -0.4 is 10.1 Å². The molecule has 0 radical (unpaired) electrons. The molecule has 130 valence electrons. The molecule has 3 rings (SSSR count). The molecule has 1 aromatic heterocycles. The summed E-state index contributed by atoms with van der Waals surface area (Å²) in [6, 6.07) is 18.6. The normalized spacial score (nSPS) is 13.4. The number of amides is 1. The molecule has 0 spiro atoms. The third-order valence-electron chi connectivity index (χ3n) is 3.92. The van der Waals surface area contributed by atoms with Gasteiger partial charge < -0.3 is 19.6 Å². The van der Waals surface area contributed by atoms with Crippen LogP contribution in [0.2, 0.25) is 0 Å². The Morgan fingerprint density at radius 1 is 1.16 bits per heavy atom. The van der Waals surface area contributed by atoms with E-state index in [9.17, 15) is 9.90 Å². The summed E-state index contributed by atoms with van der Waals surface area (Å²) in [6.45, 7) is 2.03. The number of carbonyl (C=O) groups is 1. The van der Waals surface area contributed by atoms with E-state index in [4.69, 9.17) is 9.15 Å². The first-order valence-corrected chi connectivity index (χ1v) is 8.29. The van der Waals surface area contributed by atoms with Gasteiger partial charge >= 0.3 is 0 Å². The lowest BCUT2D eigenvalue weighted by molar-refractivity contribution is -0.127. The second-order valence-corrected chi connectivity index (χ2v) is 5.86. The minimum absolute atomic E-state index is 0.222. The molecule has 0 saturated heterocycles. The van der Waals surface area contributed by atoms with Crippen LogP contribution >= 0.6 is 0 Å². The SMILES string of the molecule is C[C@@H](Oc1ccccc1)C(=O)NCC[C@@H](O)c1cc2ccccc2o1. The largest absolute Gasteiger partial charge is 0.481 e. The Morgan fingerprint density at radius 3 is 2.64 bits per heavy atom. The molecule has 2 aromatic carbocycles. The Balaban J connectivity index is 1.47. The van der Waals surface area contributed by atoms with Crippen LogP contribution in [-0.4, -0.2) is 23.7 Å². The first-order valence-electron chi connectivity index (χ1n) is 8.29. The molecule has 5 nitrogen and oxygen atoms in total. The van der Waals surface area contributed by atoms with Gasteiger partial charge in [0.05, 0.1) is 0 Å². The molecule has 2 N–H and O–H groups in total. The average Bonchev–Trinajstić information content (AvgIpc) is 3.06. The van der Waals surface area contributed by atoms with Gasteiger partial charge in [-0.3, -0.25) is 4.79 Å². The predicted octanol–water partition coefficient (Wildman–Crippen LogP) is 3.44. The monoisotopic (exact) mass is 339 g/mol. The van der Waals surface area contributed by atoms with E-state index in [0.717, 1.165) is 11.0 Å². The summed E-state index contributed by atoms with van der Waals surface area (Å²) < 4.78 is 11.2. The Hall–Kier alpha value is -2.79. The van der Waals surface area contributed by atoms with Crippen LogP contribution in [0.5, 0.6) is 5.75 Å². The third-order valence-corrected chi connectivity index (χ3v) is 3.92. The molecule has 1 amide bonds. The molecule has 25 heavy (non-hydrogen) atoms. The number of rotatable bonds is 7. The number of fused-ring (bicyclic) bond motifs is 1. The number of benzene rings is 2. The fraction of sp³-hybridized carbons (Fsp3) is 0.250. The van der Waals surface area contributed by atoms with Crippen molar-refractivity contribution in [2.24, 2.45) is 0 Å². The molecule has 0 unspecified atom stereocenters. The number of ether oxygens (including phenoxy) is 1. The molecule has 0 fully saturated rings. The van der Waals surface area contributed by atoms with Crippen molar-refractivity contribution in [1.29, 1.82) is 0 Å². The fourth-order valence-electron chi connectivity index (χ4n) is 2.54. The van der Waals surface area contributed by atoms with E-state index in [1.807, 2.05) is 48.5 Å². The Labute approximate surface area is 146 Å². The number of furan rings is 1. The maximum atomic E-state index is 12.1. The van der Waals surface area contributed by atoms with Gasteiger partial charge in [-0.1, -0.05) is 36.4 Å². The summed E-state index contributed by atoms with van der Waals surface area (Å²) in [5.74, 6) is 0.928. The average molecular weight is 339 g/mol. The number of carbonyl (C=O) groups excluding carboxylic acids is 1. The number of aliphatic hydroxyl groups excluding tert-OH is 1. The molecule has 0 bridgehead atoms. The Bertz CT molecular complexity index is 795. The number of para-hydroxylation sites is 2. The van der Waals surface area contributed by atoms with Crippen LogP contribution in [0.3, 0.4) is 0 Å². The van der Waals surface area contributed by atoms with Crippen molar-refractivity contribution >= 4 is 16.9 Å². The smallest absolute Gasteiger partial charge is 0.260 e. The highest BCUT2D eigenvalue weighted by Gasteiger charge is 2.17. The summed E-state index contributed by atoms with van der Waals surface area (Å²) in [4.78, 5) is 12.1. The minimum Gasteiger partial charge on any atom is -0.481 e. The maximum Gasteiger partial charge on any atom is 0.260 e. The van der Waals surface area contributed by atoms with Gasteiger partial charge in [-0.25, -0.2) is 0 Å². The predicted molar refractivity (Wildman–Crippen MR) is 95.3 cm³/mol. The van der Waals surface area contributed by atoms with Gasteiger partial charge in [-0.2, -0.15) is 0 Å². The highest BCUT2D eigenvalue weighted by molar-refractivity contribution is 5.80. The summed E-state index contributed by atoms with van der Waals surface area (Å²) in [5.41, 5.74) is 0.741. The third kappa shape index (κ3) is 4.39. The van der Waals surface area contributed by atoms with Crippen LogP contribution in [0.1, 0.15) is 25.2 Å². The quantitative estimate of drug-likeness (QED) is 0.692. The molecular formula is C20H21NO4. The summed E-state index contributed by atoms with van der Waals surface area (Å²) in [6.07, 6.45) is -1.01. The fourth-order valence-corrected chi connectivity index (χ4v) is 2.54. The summed E-state index contributed by atoms with van der Waals surface area (Å²) in [5, 5.41) is 14.0. The van der Waals surface area contributed by atoms with Gasteiger partial charge in [0.1, 0.15) is 23.2 Å². The summed E-state index contributed by atoms with van der Waals surface area (Å²) >= 11 is 0. The first kappa shape index (κ1) is 17.0. The lowest BCUT2D eigenvalue weighted by Crippen LogP contribution is -2.37. The maximum absolute atomic E-state index is 12.1. The topological polar surface area (TPSA) is 71.7 Å². The van der Waals surface area contributed by atoms with E-state index in [-0.39, 0.29) is 5.91 Å². The van der Waals surface area contributed by atoms with Crippen LogP contribution in [0.15, 0.2) is 65.1 Å². The van der Waals surface area contributed by atoms with E-state index < -0.39 is 12.2 Å². The zero-order valence-electron chi connectivity index (χ0n) is 14.0. The summed E-state index contributed by atoms with van der Waals surface area (Å²) in [7, 11) is 0. The van der Waals surface area contributed by atoms with E-state index in [1.54, 1.807) is 19.1 Å². The lowest BCUT2D eigenvalue weighted by Gasteiger charge is -2.15. The number of hydrogen-bond acceptors (Lipinski definition) is 4. The van der Waals surface area contributed by atoms with Gasteiger partial charge in [-0.05, 0) is 37.6 Å². The van der Waals surface area contributed by atoms with Gasteiger partial charge in [0.15, 0.2) is 6.10 Å². The molecule has 0 aliphatic rings. The van der Waals surface area contributed by atoms with Crippen LogP contribution in [0.4, 0.5) is 0 Å².